The second-order valence-corrected chi connectivity index (χ2v) is 6.76. The van der Waals surface area contributed by atoms with Crippen molar-refractivity contribution in [3.8, 4) is 11.3 Å². The quantitative estimate of drug-likeness (QED) is 0.748. The van der Waals surface area contributed by atoms with E-state index in [9.17, 15) is 9.59 Å². The Kier molecular flexibility index (Phi) is 4.24. The van der Waals surface area contributed by atoms with Gasteiger partial charge in [0.15, 0.2) is 0 Å². The first-order valence-electron chi connectivity index (χ1n) is 8.85. The second kappa shape index (κ2) is 6.72. The minimum absolute atomic E-state index is 0.0557. The first-order chi connectivity index (χ1) is 13.0. The zero-order valence-corrected chi connectivity index (χ0v) is 15.2. The van der Waals surface area contributed by atoms with E-state index in [2.05, 4.69) is 15.7 Å². The molecule has 0 aliphatic carbocycles. The van der Waals surface area contributed by atoms with Crippen molar-refractivity contribution in [2.24, 2.45) is 0 Å². The molecule has 136 valence electrons. The van der Waals surface area contributed by atoms with Gasteiger partial charge in [-0.2, -0.15) is 5.10 Å². The number of nitrogens with zero attached hydrogens (tertiary/aromatic N) is 2. The third-order valence-electron chi connectivity index (χ3n) is 4.75. The number of benzene rings is 2. The summed E-state index contributed by atoms with van der Waals surface area (Å²) >= 11 is 0. The summed E-state index contributed by atoms with van der Waals surface area (Å²) in [5.41, 5.74) is 4.43. The van der Waals surface area contributed by atoms with Crippen molar-refractivity contribution in [2.45, 2.75) is 26.3 Å². The molecular formula is C21H20N4O2. The van der Waals surface area contributed by atoms with Crippen LogP contribution in [0.2, 0.25) is 0 Å². The molecule has 0 bridgehead atoms. The maximum absolute atomic E-state index is 12.8. The Morgan fingerprint density at radius 2 is 1.81 bits per heavy atom. The molecule has 1 aliphatic rings. The van der Waals surface area contributed by atoms with Gasteiger partial charge in [-0.25, -0.2) is 4.68 Å². The van der Waals surface area contributed by atoms with E-state index in [-0.39, 0.29) is 18.2 Å². The summed E-state index contributed by atoms with van der Waals surface area (Å²) in [4.78, 5) is 25.0. The van der Waals surface area contributed by atoms with Gasteiger partial charge in [-0.05, 0) is 26.0 Å². The van der Waals surface area contributed by atoms with E-state index in [4.69, 9.17) is 0 Å². The topological polar surface area (TPSA) is 76.0 Å². The van der Waals surface area contributed by atoms with E-state index in [1.165, 1.54) is 0 Å². The number of para-hydroxylation sites is 1. The fourth-order valence-corrected chi connectivity index (χ4v) is 3.27. The van der Waals surface area contributed by atoms with Gasteiger partial charge in [-0.3, -0.25) is 9.59 Å². The van der Waals surface area contributed by atoms with Gasteiger partial charge in [0.25, 0.3) is 0 Å². The molecule has 1 aliphatic heterocycles. The summed E-state index contributed by atoms with van der Waals surface area (Å²) in [6.07, 6.45) is 0.0557. The van der Waals surface area contributed by atoms with Gasteiger partial charge >= 0.3 is 0 Å². The van der Waals surface area contributed by atoms with E-state index in [0.29, 0.717) is 11.5 Å². The van der Waals surface area contributed by atoms with Gasteiger partial charge < -0.3 is 10.6 Å². The smallest absolute Gasteiger partial charge is 0.249 e. The van der Waals surface area contributed by atoms with Crippen LogP contribution in [-0.4, -0.2) is 21.6 Å². The fourth-order valence-electron chi connectivity index (χ4n) is 3.27. The highest BCUT2D eigenvalue weighted by molar-refractivity contribution is 6.02. The van der Waals surface area contributed by atoms with Crippen LogP contribution in [0.1, 0.15) is 23.6 Å². The highest BCUT2D eigenvalue weighted by atomic mass is 16.2. The third kappa shape index (κ3) is 3.21. The number of carbonyl (C=O) groups is 2. The molecule has 4 rings (SSSR count). The molecule has 3 aromatic rings. The summed E-state index contributed by atoms with van der Waals surface area (Å²) in [6.45, 7) is 3.94. The van der Waals surface area contributed by atoms with Crippen molar-refractivity contribution >= 4 is 23.3 Å². The molecule has 0 spiro atoms. The molecule has 6 heteroatoms. The molecular weight excluding hydrogens is 340 g/mol. The van der Waals surface area contributed by atoms with Gasteiger partial charge in [0.1, 0.15) is 11.9 Å². The van der Waals surface area contributed by atoms with E-state index < -0.39 is 6.04 Å². The van der Waals surface area contributed by atoms with E-state index in [1.54, 1.807) is 4.68 Å². The largest absolute Gasteiger partial charge is 0.324 e. The lowest BCUT2D eigenvalue weighted by atomic mass is 10.1. The monoisotopic (exact) mass is 360 g/mol. The summed E-state index contributed by atoms with van der Waals surface area (Å²) in [5, 5.41) is 10.4. The van der Waals surface area contributed by atoms with Crippen molar-refractivity contribution < 1.29 is 9.59 Å². The molecule has 27 heavy (non-hydrogen) atoms. The molecule has 6 nitrogen and oxygen atoms in total. The maximum Gasteiger partial charge on any atom is 0.249 e. The minimum Gasteiger partial charge on any atom is -0.324 e. The molecule has 2 aromatic carbocycles. The van der Waals surface area contributed by atoms with Crippen LogP contribution >= 0.6 is 0 Å². The SMILES string of the molecule is Cc1ccc(-c2nn3c(c2C)NC(=O)CC3C(=O)Nc2ccccc2)cc1. The molecule has 0 radical (unpaired) electrons. The van der Waals surface area contributed by atoms with Gasteiger partial charge in [0.05, 0.1) is 12.1 Å². The average molecular weight is 360 g/mol. The van der Waals surface area contributed by atoms with Crippen LogP contribution in [0.3, 0.4) is 0 Å². The number of fused-ring (bicyclic) bond motifs is 1. The van der Waals surface area contributed by atoms with Gasteiger partial charge in [-0.1, -0.05) is 48.0 Å². The van der Waals surface area contributed by atoms with Crippen LogP contribution < -0.4 is 10.6 Å². The minimum atomic E-state index is -0.688. The standard InChI is InChI=1S/C21H20N4O2/c1-13-8-10-15(11-9-13)19-14(2)20-23-18(26)12-17(25(20)24-19)21(27)22-16-6-4-3-5-7-16/h3-11,17H,12H2,1-2H3,(H,22,27)(H,23,26). The lowest BCUT2D eigenvalue weighted by Crippen LogP contribution is -2.35. The van der Waals surface area contributed by atoms with E-state index in [1.807, 2.05) is 68.4 Å². The lowest BCUT2D eigenvalue weighted by Gasteiger charge is -2.24. The molecule has 2 amide bonds. The van der Waals surface area contributed by atoms with Gasteiger partial charge in [-0.15, -0.1) is 0 Å². The van der Waals surface area contributed by atoms with Crippen molar-refractivity contribution in [1.29, 1.82) is 0 Å². The summed E-state index contributed by atoms with van der Waals surface area (Å²) in [5.74, 6) is 0.138. The Labute approximate surface area is 157 Å². The molecule has 1 unspecified atom stereocenters. The molecule has 0 saturated carbocycles. The Hall–Kier alpha value is -3.41. The molecule has 0 fully saturated rings. The lowest BCUT2D eigenvalue weighted by molar-refractivity contribution is -0.125. The predicted octanol–water partition coefficient (Wildman–Crippen LogP) is 3.69. The number of rotatable bonds is 3. The number of carbonyl (C=O) groups excluding carboxylic acids is 2. The number of amides is 2. The van der Waals surface area contributed by atoms with Crippen molar-refractivity contribution in [3.05, 3.63) is 65.7 Å². The summed E-state index contributed by atoms with van der Waals surface area (Å²) in [7, 11) is 0. The molecule has 1 atom stereocenters. The normalized spacial score (nSPS) is 15.8. The molecule has 2 N–H and O–H groups in total. The summed E-state index contributed by atoms with van der Waals surface area (Å²) < 4.78 is 1.63. The Balaban J connectivity index is 1.71. The molecule has 2 heterocycles. The zero-order valence-electron chi connectivity index (χ0n) is 15.2. The number of aryl methyl sites for hydroxylation is 1. The van der Waals surface area contributed by atoms with Crippen LogP contribution in [0.25, 0.3) is 11.3 Å². The van der Waals surface area contributed by atoms with Crippen LogP contribution in [0.15, 0.2) is 54.6 Å². The average Bonchev–Trinajstić information content (AvgIpc) is 2.99. The van der Waals surface area contributed by atoms with Gasteiger partial charge in [0, 0.05) is 16.8 Å². The maximum atomic E-state index is 12.8. The number of aromatic nitrogens is 2. The highest BCUT2D eigenvalue weighted by Gasteiger charge is 2.34. The summed E-state index contributed by atoms with van der Waals surface area (Å²) in [6, 6.07) is 16.6. The Morgan fingerprint density at radius 1 is 1.11 bits per heavy atom. The highest BCUT2D eigenvalue weighted by Crippen LogP contribution is 2.34. The number of anilines is 2. The molecule has 0 saturated heterocycles. The van der Waals surface area contributed by atoms with Crippen molar-refractivity contribution in [2.75, 3.05) is 10.6 Å². The van der Waals surface area contributed by atoms with Crippen molar-refractivity contribution in [3.63, 3.8) is 0 Å². The second-order valence-electron chi connectivity index (χ2n) is 6.76. The number of hydrogen-bond acceptors (Lipinski definition) is 3. The Bertz CT molecular complexity index is 1010. The van der Waals surface area contributed by atoms with Crippen LogP contribution in [-0.2, 0) is 9.59 Å². The zero-order chi connectivity index (χ0) is 19.0. The number of hydrogen-bond donors (Lipinski definition) is 2. The third-order valence-corrected chi connectivity index (χ3v) is 4.75. The van der Waals surface area contributed by atoms with Crippen LogP contribution in [0.4, 0.5) is 11.5 Å². The van der Waals surface area contributed by atoms with Crippen LogP contribution in [0, 0.1) is 13.8 Å². The van der Waals surface area contributed by atoms with E-state index in [0.717, 1.165) is 22.4 Å². The fraction of sp³-hybridized carbons (Fsp3) is 0.190. The first-order valence-corrected chi connectivity index (χ1v) is 8.85. The first kappa shape index (κ1) is 17.0. The predicted molar refractivity (Wildman–Crippen MR) is 104 cm³/mol. The molecule has 1 aromatic heterocycles. The van der Waals surface area contributed by atoms with E-state index >= 15 is 0 Å². The van der Waals surface area contributed by atoms with Crippen LogP contribution in [0.5, 0.6) is 0 Å². The van der Waals surface area contributed by atoms with Gasteiger partial charge in [0.2, 0.25) is 11.8 Å². The number of nitrogens with one attached hydrogen (secondary N) is 2. The van der Waals surface area contributed by atoms with Crippen molar-refractivity contribution in [1.82, 2.24) is 9.78 Å². The Morgan fingerprint density at radius 3 is 2.52 bits per heavy atom.